The van der Waals surface area contributed by atoms with Crippen molar-refractivity contribution in [3.05, 3.63) is 81.0 Å². The molecule has 0 spiro atoms. The van der Waals surface area contributed by atoms with Gasteiger partial charge in [0.15, 0.2) is 0 Å². The molecule has 152 valence electrons. The van der Waals surface area contributed by atoms with E-state index in [-0.39, 0.29) is 23.8 Å². The molecule has 0 aliphatic rings. The molecule has 4 rings (SSSR count). The molecule has 2 aromatic heterocycles. The second-order valence-corrected chi connectivity index (χ2v) is 8.21. The molecule has 0 saturated carbocycles. The summed E-state index contributed by atoms with van der Waals surface area (Å²) in [6.45, 7) is 5.77. The van der Waals surface area contributed by atoms with Crippen LogP contribution in [0.1, 0.15) is 16.7 Å². The number of halogens is 1. The predicted molar refractivity (Wildman–Crippen MR) is 119 cm³/mol. The minimum Gasteiger partial charge on any atom is -0.324 e. The Balaban J connectivity index is 1.61. The molecule has 1 amide bonds. The van der Waals surface area contributed by atoms with Crippen molar-refractivity contribution in [2.45, 2.75) is 27.3 Å². The maximum atomic E-state index is 13.2. The Kier molecular flexibility index (Phi) is 5.22. The summed E-state index contributed by atoms with van der Waals surface area (Å²) in [4.78, 5) is 29.9. The van der Waals surface area contributed by atoms with Gasteiger partial charge in [0.25, 0.3) is 5.56 Å². The standard InChI is InChI=1S/C23H20FN3O2S/c1-13-8-14(2)20(15(3)9-13)26-19(28)10-27-12-25-21-18(11-30-22(21)23(27)29)16-4-6-17(24)7-5-16/h4-9,11-12H,10H2,1-3H3,(H,26,28). The molecule has 30 heavy (non-hydrogen) atoms. The van der Waals surface area contributed by atoms with E-state index in [1.54, 1.807) is 12.1 Å². The molecular formula is C23H20FN3O2S. The van der Waals surface area contributed by atoms with Gasteiger partial charge in [-0.3, -0.25) is 14.2 Å². The highest BCUT2D eigenvalue weighted by atomic mass is 32.1. The van der Waals surface area contributed by atoms with Crippen LogP contribution in [0.4, 0.5) is 10.1 Å². The third-order valence-electron chi connectivity index (χ3n) is 4.96. The van der Waals surface area contributed by atoms with E-state index in [0.29, 0.717) is 10.2 Å². The summed E-state index contributed by atoms with van der Waals surface area (Å²) in [7, 11) is 0. The average molecular weight is 421 g/mol. The third-order valence-corrected chi connectivity index (χ3v) is 5.91. The summed E-state index contributed by atoms with van der Waals surface area (Å²) in [5.74, 6) is -0.609. The zero-order valence-electron chi connectivity index (χ0n) is 16.8. The largest absolute Gasteiger partial charge is 0.324 e. The lowest BCUT2D eigenvalue weighted by Gasteiger charge is -2.13. The number of rotatable bonds is 4. The molecule has 2 heterocycles. The van der Waals surface area contributed by atoms with Crippen molar-refractivity contribution in [1.29, 1.82) is 0 Å². The smallest absolute Gasteiger partial charge is 0.271 e. The van der Waals surface area contributed by atoms with Crippen LogP contribution in [-0.4, -0.2) is 15.5 Å². The summed E-state index contributed by atoms with van der Waals surface area (Å²) < 4.78 is 15.0. The van der Waals surface area contributed by atoms with Crippen LogP contribution in [0, 0.1) is 26.6 Å². The van der Waals surface area contributed by atoms with E-state index in [1.165, 1.54) is 34.4 Å². The summed E-state index contributed by atoms with van der Waals surface area (Å²) in [5, 5.41) is 4.74. The van der Waals surface area contributed by atoms with Gasteiger partial charge in [-0.25, -0.2) is 9.37 Å². The van der Waals surface area contributed by atoms with Gasteiger partial charge < -0.3 is 5.32 Å². The molecule has 5 nitrogen and oxygen atoms in total. The SMILES string of the molecule is Cc1cc(C)c(NC(=O)Cn2cnc3c(-c4ccc(F)cc4)csc3c2=O)c(C)c1. The first-order valence-electron chi connectivity index (χ1n) is 9.44. The van der Waals surface area contributed by atoms with Crippen molar-refractivity contribution in [3.63, 3.8) is 0 Å². The lowest BCUT2D eigenvalue weighted by Crippen LogP contribution is -2.27. The molecule has 1 N–H and O–H groups in total. The van der Waals surface area contributed by atoms with Crippen LogP contribution in [-0.2, 0) is 11.3 Å². The lowest BCUT2D eigenvalue weighted by atomic mass is 10.1. The summed E-state index contributed by atoms with van der Waals surface area (Å²) >= 11 is 1.27. The quantitative estimate of drug-likeness (QED) is 0.513. The molecule has 0 aliphatic carbocycles. The van der Waals surface area contributed by atoms with E-state index in [2.05, 4.69) is 10.3 Å². The van der Waals surface area contributed by atoms with Crippen LogP contribution in [0.3, 0.4) is 0 Å². The fourth-order valence-corrected chi connectivity index (χ4v) is 4.58. The zero-order chi connectivity index (χ0) is 21.4. The number of benzene rings is 2. The number of thiophene rings is 1. The van der Waals surface area contributed by atoms with Gasteiger partial charge in [0, 0.05) is 16.6 Å². The maximum Gasteiger partial charge on any atom is 0.271 e. The van der Waals surface area contributed by atoms with Crippen LogP contribution in [0.5, 0.6) is 0 Å². The van der Waals surface area contributed by atoms with E-state index in [4.69, 9.17) is 0 Å². The minimum absolute atomic E-state index is 0.127. The molecule has 0 unspecified atom stereocenters. The van der Waals surface area contributed by atoms with Crippen molar-refractivity contribution in [2.75, 3.05) is 5.32 Å². The minimum atomic E-state index is -0.321. The number of nitrogens with one attached hydrogen (secondary N) is 1. The fourth-order valence-electron chi connectivity index (χ4n) is 3.60. The normalized spacial score (nSPS) is 11.1. The van der Waals surface area contributed by atoms with Crippen molar-refractivity contribution in [1.82, 2.24) is 9.55 Å². The number of carbonyl (C=O) groups is 1. The van der Waals surface area contributed by atoms with Gasteiger partial charge in [0.2, 0.25) is 5.91 Å². The van der Waals surface area contributed by atoms with E-state index < -0.39 is 0 Å². The van der Waals surface area contributed by atoms with Crippen LogP contribution >= 0.6 is 11.3 Å². The van der Waals surface area contributed by atoms with E-state index >= 15 is 0 Å². The number of hydrogen-bond acceptors (Lipinski definition) is 4. The van der Waals surface area contributed by atoms with Crippen LogP contribution in [0.25, 0.3) is 21.3 Å². The van der Waals surface area contributed by atoms with Crippen molar-refractivity contribution in [2.24, 2.45) is 0 Å². The molecular weight excluding hydrogens is 401 g/mol. The number of anilines is 1. The molecule has 0 fully saturated rings. The number of fused-ring (bicyclic) bond motifs is 1. The van der Waals surface area contributed by atoms with E-state index in [1.807, 2.05) is 38.3 Å². The molecule has 2 aromatic carbocycles. The summed E-state index contributed by atoms with van der Waals surface area (Å²) in [6.07, 6.45) is 1.39. The first-order chi connectivity index (χ1) is 14.3. The number of aromatic nitrogens is 2. The fraction of sp³-hybridized carbons (Fsp3) is 0.174. The highest BCUT2D eigenvalue weighted by Crippen LogP contribution is 2.30. The topological polar surface area (TPSA) is 64.0 Å². The van der Waals surface area contributed by atoms with Crippen LogP contribution in [0.2, 0.25) is 0 Å². The second-order valence-electron chi connectivity index (χ2n) is 7.33. The first kappa shape index (κ1) is 20.0. The second kappa shape index (κ2) is 7.84. The first-order valence-corrected chi connectivity index (χ1v) is 10.3. The number of carbonyl (C=O) groups excluding carboxylic acids is 1. The van der Waals surface area contributed by atoms with Gasteiger partial charge in [0.1, 0.15) is 17.1 Å². The lowest BCUT2D eigenvalue weighted by molar-refractivity contribution is -0.116. The monoisotopic (exact) mass is 421 g/mol. The summed E-state index contributed by atoms with van der Waals surface area (Å²) in [6, 6.07) is 10.1. The average Bonchev–Trinajstić information content (AvgIpc) is 3.12. The van der Waals surface area contributed by atoms with Crippen molar-refractivity contribution >= 4 is 33.1 Å². The van der Waals surface area contributed by atoms with E-state index in [0.717, 1.165) is 33.5 Å². The molecule has 0 aliphatic heterocycles. The van der Waals surface area contributed by atoms with Gasteiger partial charge in [-0.1, -0.05) is 29.8 Å². The van der Waals surface area contributed by atoms with Gasteiger partial charge in [0.05, 0.1) is 11.8 Å². The Hall–Kier alpha value is -3.32. The number of amides is 1. The Labute approximate surface area is 176 Å². The molecule has 0 bridgehead atoms. The highest BCUT2D eigenvalue weighted by molar-refractivity contribution is 7.17. The Morgan fingerprint density at radius 3 is 2.47 bits per heavy atom. The molecule has 0 saturated heterocycles. The van der Waals surface area contributed by atoms with Gasteiger partial charge in [-0.05, 0) is 49.6 Å². The number of hydrogen-bond donors (Lipinski definition) is 1. The molecule has 0 atom stereocenters. The molecule has 4 aromatic rings. The molecule has 0 radical (unpaired) electrons. The maximum absolute atomic E-state index is 13.2. The third kappa shape index (κ3) is 3.76. The summed E-state index contributed by atoms with van der Waals surface area (Å²) in [5.41, 5.74) is 5.69. The van der Waals surface area contributed by atoms with Gasteiger partial charge in [-0.15, -0.1) is 11.3 Å². The predicted octanol–water partition coefficient (Wildman–Crippen LogP) is 4.83. The number of aryl methyl sites for hydroxylation is 3. The Bertz CT molecular complexity index is 1300. The Morgan fingerprint density at radius 1 is 1.13 bits per heavy atom. The Morgan fingerprint density at radius 2 is 1.80 bits per heavy atom. The van der Waals surface area contributed by atoms with Crippen LogP contribution in [0.15, 0.2) is 52.9 Å². The molecule has 7 heteroatoms. The van der Waals surface area contributed by atoms with E-state index in [9.17, 15) is 14.0 Å². The zero-order valence-corrected chi connectivity index (χ0v) is 17.6. The van der Waals surface area contributed by atoms with Crippen LogP contribution < -0.4 is 10.9 Å². The van der Waals surface area contributed by atoms with Crippen molar-refractivity contribution < 1.29 is 9.18 Å². The van der Waals surface area contributed by atoms with Gasteiger partial charge in [-0.2, -0.15) is 0 Å². The van der Waals surface area contributed by atoms with Gasteiger partial charge >= 0.3 is 0 Å². The van der Waals surface area contributed by atoms with Crippen molar-refractivity contribution in [3.8, 4) is 11.1 Å². The highest BCUT2D eigenvalue weighted by Gasteiger charge is 2.15. The number of nitrogens with zero attached hydrogens (tertiary/aromatic N) is 2.